The number of imidazole rings is 1. The zero-order valence-corrected chi connectivity index (χ0v) is 12.3. The maximum Gasteiger partial charge on any atom is 0.193 e. The highest BCUT2D eigenvalue weighted by molar-refractivity contribution is 7.15. The van der Waals surface area contributed by atoms with E-state index in [9.17, 15) is 0 Å². The second kappa shape index (κ2) is 6.03. The van der Waals surface area contributed by atoms with Crippen LogP contribution < -0.4 is 5.32 Å². The van der Waals surface area contributed by atoms with Crippen molar-refractivity contribution in [3.8, 4) is 0 Å². The summed E-state index contributed by atoms with van der Waals surface area (Å²) in [6.45, 7) is 6.74. The molecule has 3 heterocycles. The third-order valence-electron chi connectivity index (χ3n) is 3.84. The number of hydrogen-bond donors (Lipinski definition) is 1. The molecule has 0 aromatic carbocycles. The number of rotatable bonds is 5. The third-order valence-corrected chi connectivity index (χ3v) is 4.61. The molecule has 0 atom stereocenters. The minimum absolute atomic E-state index is 0.723. The number of aromatic nitrogens is 2. The standard InChI is InChI=1S/C14H22N4S/c1-2-7-17(13-3-5-15-6-4-13)10-12-11-18-8-9-19-14(18)16-12/h8-9,11,13,15H,2-7,10H2,1H3. The first kappa shape index (κ1) is 13.1. The zero-order chi connectivity index (χ0) is 13.1. The molecule has 19 heavy (non-hydrogen) atoms. The van der Waals surface area contributed by atoms with E-state index in [1.165, 1.54) is 31.5 Å². The Bertz CT molecular complexity index is 484. The molecule has 2 aromatic heterocycles. The van der Waals surface area contributed by atoms with E-state index in [0.717, 1.165) is 30.6 Å². The van der Waals surface area contributed by atoms with Gasteiger partial charge in [-0.3, -0.25) is 9.30 Å². The van der Waals surface area contributed by atoms with E-state index in [-0.39, 0.29) is 0 Å². The Kier molecular flexibility index (Phi) is 4.15. The molecule has 0 amide bonds. The fourth-order valence-corrected chi connectivity index (χ4v) is 3.63. The van der Waals surface area contributed by atoms with Gasteiger partial charge in [0, 0.05) is 30.4 Å². The lowest BCUT2D eigenvalue weighted by atomic mass is 10.0. The van der Waals surface area contributed by atoms with E-state index in [1.807, 2.05) is 0 Å². The summed E-state index contributed by atoms with van der Waals surface area (Å²) in [6.07, 6.45) is 8.01. The topological polar surface area (TPSA) is 32.6 Å². The van der Waals surface area contributed by atoms with Crippen molar-refractivity contribution in [1.82, 2.24) is 19.6 Å². The van der Waals surface area contributed by atoms with Gasteiger partial charge in [0.25, 0.3) is 0 Å². The number of thiazole rings is 1. The summed E-state index contributed by atoms with van der Waals surface area (Å²) in [6, 6.07) is 0.723. The van der Waals surface area contributed by atoms with Crippen molar-refractivity contribution in [3.05, 3.63) is 23.5 Å². The normalized spacial score (nSPS) is 17.6. The molecular weight excluding hydrogens is 256 g/mol. The van der Waals surface area contributed by atoms with Gasteiger partial charge in [-0.1, -0.05) is 6.92 Å². The van der Waals surface area contributed by atoms with Crippen molar-refractivity contribution in [2.75, 3.05) is 19.6 Å². The maximum absolute atomic E-state index is 4.71. The predicted octanol–water partition coefficient (Wildman–Crippen LogP) is 2.36. The SMILES string of the molecule is CCCN(Cc1cn2ccsc2n1)C1CCNCC1. The summed E-state index contributed by atoms with van der Waals surface area (Å²) < 4.78 is 2.13. The Labute approximate surface area is 118 Å². The Morgan fingerprint density at radius 2 is 2.32 bits per heavy atom. The zero-order valence-electron chi connectivity index (χ0n) is 11.5. The van der Waals surface area contributed by atoms with Gasteiger partial charge in [0.1, 0.15) is 0 Å². The Balaban J connectivity index is 1.70. The highest BCUT2D eigenvalue weighted by atomic mass is 32.1. The van der Waals surface area contributed by atoms with Gasteiger partial charge < -0.3 is 5.32 Å². The fourth-order valence-electron chi connectivity index (χ4n) is 2.91. The Hall–Kier alpha value is -0.910. The highest BCUT2D eigenvalue weighted by Crippen LogP contribution is 2.17. The molecule has 0 aliphatic carbocycles. The monoisotopic (exact) mass is 278 g/mol. The number of nitrogens with one attached hydrogen (secondary N) is 1. The van der Waals surface area contributed by atoms with E-state index in [0.29, 0.717) is 0 Å². The second-order valence-electron chi connectivity index (χ2n) is 5.28. The number of piperidine rings is 1. The lowest BCUT2D eigenvalue weighted by Gasteiger charge is -2.34. The summed E-state index contributed by atoms with van der Waals surface area (Å²) in [5, 5.41) is 5.53. The van der Waals surface area contributed by atoms with Gasteiger partial charge in [-0.2, -0.15) is 0 Å². The first-order valence-electron chi connectivity index (χ1n) is 7.22. The summed E-state index contributed by atoms with van der Waals surface area (Å²) in [4.78, 5) is 8.44. The molecule has 0 radical (unpaired) electrons. The quantitative estimate of drug-likeness (QED) is 0.911. The molecule has 3 rings (SSSR count). The van der Waals surface area contributed by atoms with Crippen molar-refractivity contribution in [3.63, 3.8) is 0 Å². The van der Waals surface area contributed by atoms with Crippen LogP contribution in [0.25, 0.3) is 4.96 Å². The van der Waals surface area contributed by atoms with Crippen LogP contribution in [0.5, 0.6) is 0 Å². The minimum atomic E-state index is 0.723. The van der Waals surface area contributed by atoms with Crippen LogP contribution in [0.15, 0.2) is 17.8 Å². The molecule has 0 spiro atoms. The molecule has 5 heteroatoms. The third kappa shape index (κ3) is 2.99. The molecule has 1 N–H and O–H groups in total. The van der Waals surface area contributed by atoms with E-state index in [1.54, 1.807) is 11.3 Å². The molecule has 0 saturated carbocycles. The highest BCUT2D eigenvalue weighted by Gasteiger charge is 2.21. The number of fused-ring (bicyclic) bond motifs is 1. The van der Waals surface area contributed by atoms with Crippen LogP contribution in [-0.4, -0.2) is 40.0 Å². The molecular formula is C14H22N4S. The second-order valence-corrected chi connectivity index (χ2v) is 6.15. The Morgan fingerprint density at radius 1 is 1.47 bits per heavy atom. The molecule has 0 unspecified atom stereocenters. The summed E-state index contributed by atoms with van der Waals surface area (Å²) in [7, 11) is 0. The fraction of sp³-hybridized carbons (Fsp3) is 0.643. The summed E-state index contributed by atoms with van der Waals surface area (Å²) >= 11 is 1.71. The average molecular weight is 278 g/mol. The van der Waals surface area contributed by atoms with Crippen molar-refractivity contribution in [2.24, 2.45) is 0 Å². The largest absolute Gasteiger partial charge is 0.317 e. The molecule has 2 aromatic rings. The Morgan fingerprint density at radius 3 is 3.05 bits per heavy atom. The van der Waals surface area contributed by atoms with Gasteiger partial charge in [-0.05, 0) is 38.9 Å². The van der Waals surface area contributed by atoms with Crippen molar-refractivity contribution >= 4 is 16.3 Å². The van der Waals surface area contributed by atoms with E-state index < -0.39 is 0 Å². The van der Waals surface area contributed by atoms with Crippen LogP contribution in [-0.2, 0) is 6.54 Å². The number of nitrogens with zero attached hydrogens (tertiary/aromatic N) is 3. The van der Waals surface area contributed by atoms with E-state index in [2.05, 4.69) is 39.3 Å². The molecule has 104 valence electrons. The molecule has 1 saturated heterocycles. The van der Waals surface area contributed by atoms with Crippen LogP contribution in [0.3, 0.4) is 0 Å². The van der Waals surface area contributed by atoms with Gasteiger partial charge >= 0.3 is 0 Å². The van der Waals surface area contributed by atoms with Crippen molar-refractivity contribution in [1.29, 1.82) is 0 Å². The summed E-state index contributed by atoms with van der Waals surface area (Å²) in [5.41, 5.74) is 1.21. The smallest absolute Gasteiger partial charge is 0.193 e. The molecule has 1 aliphatic heterocycles. The van der Waals surface area contributed by atoms with Crippen LogP contribution in [0.4, 0.5) is 0 Å². The average Bonchev–Trinajstić information content (AvgIpc) is 3.00. The van der Waals surface area contributed by atoms with Gasteiger partial charge in [-0.25, -0.2) is 4.98 Å². The van der Waals surface area contributed by atoms with Crippen LogP contribution >= 0.6 is 11.3 Å². The first-order chi connectivity index (χ1) is 9.36. The predicted molar refractivity (Wildman–Crippen MR) is 79.7 cm³/mol. The molecule has 1 aliphatic rings. The lowest BCUT2D eigenvalue weighted by Crippen LogP contribution is -2.43. The van der Waals surface area contributed by atoms with Crippen LogP contribution in [0, 0.1) is 0 Å². The molecule has 4 nitrogen and oxygen atoms in total. The van der Waals surface area contributed by atoms with Crippen LogP contribution in [0.1, 0.15) is 31.9 Å². The number of hydrogen-bond acceptors (Lipinski definition) is 4. The first-order valence-corrected chi connectivity index (χ1v) is 8.10. The van der Waals surface area contributed by atoms with Gasteiger partial charge in [0.05, 0.1) is 5.69 Å². The van der Waals surface area contributed by atoms with Gasteiger partial charge in [0.15, 0.2) is 4.96 Å². The minimum Gasteiger partial charge on any atom is -0.317 e. The maximum atomic E-state index is 4.71. The van der Waals surface area contributed by atoms with Crippen molar-refractivity contribution < 1.29 is 0 Å². The van der Waals surface area contributed by atoms with Gasteiger partial charge in [0.2, 0.25) is 0 Å². The van der Waals surface area contributed by atoms with E-state index >= 15 is 0 Å². The summed E-state index contributed by atoms with van der Waals surface area (Å²) in [5.74, 6) is 0. The van der Waals surface area contributed by atoms with Gasteiger partial charge in [-0.15, -0.1) is 11.3 Å². The molecule has 1 fully saturated rings. The lowest BCUT2D eigenvalue weighted by molar-refractivity contribution is 0.152. The van der Waals surface area contributed by atoms with Crippen molar-refractivity contribution in [2.45, 2.75) is 38.8 Å². The molecule has 0 bridgehead atoms. The van der Waals surface area contributed by atoms with Crippen LogP contribution in [0.2, 0.25) is 0 Å². The van der Waals surface area contributed by atoms with E-state index in [4.69, 9.17) is 4.98 Å².